The summed E-state index contributed by atoms with van der Waals surface area (Å²) in [7, 11) is 0. The Morgan fingerprint density at radius 2 is 1.95 bits per heavy atom. The van der Waals surface area contributed by atoms with Gasteiger partial charge in [-0.25, -0.2) is 0 Å². The van der Waals surface area contributed by atoms with Crippen molar-refractivity contribution in [3.05, 3.63) is 42.0 Å². The van der Waals surface area contributed by atoms with Gasteiger partial charge < -0.3 is 10.0 Å². The predicted octanol–water partition coefficient (Wildman–Crippen LogP) is 2.41. The third kappa shape index (κ3) is 1.82. The maximum absolute atomic E-state index is 12.9. The molecule has 2 aliphatic carbocycles. The van der Waals surface area contributed by atoms with Crippen LogP contribution >= 0.6 is 0 Å². The standard InChI is InChI=1S/C17H17NO3/c19-16(13-8-10-5-6-11(13)7-10)18-9-14(17(20)21)12-3-1-2-4-15(12)18/h1-6,10-11,13-14H,7-9H2,(H,20,21). The van der Waals surface area contributed by atoms with Gasteiger partial charge >= 0.3 is 5.97 Å². The first-order valence-electron chi connectivity index (χ1n) is 7.46. The number of aliphatic carboxylic acids is 1. The molecule has 1 heterocycles. The predicted molar refractivity (Wildman–Crippen MR) is 78.0 cm³/mol. The number of carbonyl (C=O) groups excluding carboxylic acids is 1. The number of benzene rings is 1. The lowest BCUT2D eigenvalue weighted by molar-refractivity contribution is -0.138. The van der Waals surface area contributed by atoms with Gasteiger partial charge in [0.25, 0.3) is 0 Å². The van der Waals surface area contributed by atoms with Gasteiger partial charge in [0.2, 0.25) is 5.91 Å². The van der Waals surface area contributed by atoms with Crippen LogP contribution in [0.15, 0.2) is 36.4 Å². The highest BCUT2D eigenvalue weighted by Crippen LogP contribution is 2.46. The van der Waals surface area contributed by atoms with Gasteiger partial charge in [-0.3, -0.25) is 9.59 Å². The monoisotopic (exact) mass is 283 g/mol. The maximum Gasteiger partial charge on any atom is 0.312 e. The number of fused-ring (bicyclic) bond motifs is 3. The van der Waals surface area contributed by atoms with Crippen LogP contribution in [0.2, 0.25) is 0 Å². The summed E-state index contributed by atoms with van der Waals surface area (Å²) in [5.41, 5.74) is 1.54. The molecule has 4 rings (SSSR count). The largest absolute Gasteiger partial charge is 0.481 e. The van der Waals surface area contributed by atoms with Crippen LogP contribution in [0.5, 0.6) is 0 Å². The third-order valence-corrected chi connectivity index (χ3v) is 5.13. The van der Waals surface area contributed by atoms with Crippen molar-refractivity contribution in [2.75, 3.05) is 11.4 Å². The summed E-state index contributed by atoms with van der Waals surface area (Å²) in [6, 6.07) is 7.38. The second kappa shape index (κ2) is 4.45. The minimum absolute atomic E-state index is 0.0283. The number of anilines is 1. The second-order valence-electron chi connectivity index (χ2n) is 6.29. The molecule has 0 spiro atoms. The zero-order valence-electron chi connectivity index (χ0n) is 11.6. The van der Waals surface area contributed by atoms with Gasteiger partial charge in [0.15, 0.2) is 0 Å². The molecule has 3 aliphatic rings. The average Bonchev–Trinajstić information content (AvgIpc) is 3.19. The van der Waals surface area contributed by atoms with E-state index in [4.69, 9.17) is 0 Å². The zero-order valence-corrected chi connectivity index (χ0v) is 11.6. The summed E-state index contributed by atoms with van der Waals surface area (Å²) in [6.45, 7) is 0.269. The molecule has 2 bridgehead atoms. The minimum atomic E-state index is -0.856. The molecule has 1 amide bonds. The molecule has 108 valence electrons. The van der Waals surface area contributed by atoms with E-state index in [-0.39, 0.29) is 18.4 Å². The molecule has 1 aromatic carbocycles. The molecule has 1 aromatic rings. The molecule has 0 aromatic heterocycles. The van der Waals surface area contributed by atoms with Crippen molar-refractivity contribution >= 4 is 17.6 Å². The molecule has 1 saturated carbocycles. The van der Waals surface area contributed by atoms with Gasteiger partial charge in [0.05, 0.1) is 0 Å². The lowest BCUT2D eigenvalue weighted by Gasteiger charge is -2.25. The summed E-state index contributed by atoms with van der Waals surface area (Å²) in [4.78, 5) is 26.0. The number of hydrogen-bond donors (Lipinski definition) is 1. The van der Waals surface area contributed by atoms with E-state index < -0.39 is 11.9 Å². The Bertz CT molecular complexity index is 651. The SMILES string of the molecule is O=C(O)C1CN(C(=O)C2CC3C=CC2C3)c2ccccc21. The molecule has 4 atom stereocenters. The van der Waals surface area contributed by atoms with Crippen molar-refractivity contribution in [3.63, 3.8) is 0 Å². The van der Waals surface area contributed by atoms with Crippen LogP contribution in [0.25, 0.3) is 0 Å². The fraction of sp³-hybridized carbons (Fsp3) is 0.412. The highest BCUT2D eigenvalue weighted by Gasteiger charge is 2.45. The summed E-state index contributed by atoms with van der Waals surface area (Å²) in [5, 5.41) is 9.38. The number of carboxylic acids is 1. The van der Waals surface area contributed by atoms with Crippen LogP contribution in [0, 0.1) is 17.8 Å². The van der Waals surface area contributed by atoms with E-state index in [1.807, 2.05) is 24.3 Å². The van der Waals surface area contributed by atoms with E-state index in [2.05, 4.69) is 12.2 Å². The first-order valence-corrected chi connectivity index (χ1v) is 7.46. The highest BCUT2D eigenvalue weighted by molar-refractivity contribution is 6.00. The summed E-state index contributed by atoms with van der Waals surface area (Å²) < 4.78 is 0. The average molecular weight is 283 g/mol. The first kappa shape index (κ1) is 12.6. The molecule has 4 unspecified atom stereocenters. The summed E-state index contributed by atoms with van der Waals surface area (Å²) in [5.74, 6) is -0.441. The van der Waals surface area contributed by atoms with Gasteiger partial charge in [0.1, 0.15) is 5.92 Å². The van der Waals surface area contributed by atoms with Crippen LogP contribution < -0.4 is 4.90 Å². The van der Waals surface area contributed by atoms with Crippen molar-refractivity contribution in [1.29, 1.82) is 0 Å². The van der Waals surface area contributed by atoms with Gasteiger partial charge in [-0.2, -0.15) is 0 Å². The number of nitrogens with zero attached hydrogens (tertiary/aromatic N) is 1. The number of carbonyl (C=O) groups is 2. The second-order valence-corrected chi connectivity index (χ2v) is 6.29. The van der Waals surface area contributed by atoms with Gasteiger partial charge in [0, 0.05) is 18.2 Å². The normalized spacial score (nSPS) is 32.5. The van der Waals surface area contributed by atoms with Gasteiger partial charge in [-0.1, -0.05) is 30.4 Å². The van der Waals surface area contributed by atoms with Crippen molar-refractivity contribution in [3.8, 4) is 0 Å². The van der Waals surface area contributed by atoms with E-state index in [0.717, 1.165) is 24.1 Å². The number of amides is 1. The highest BCUT2D eigenvalue weighted by atomic mass is 16.4. The smallest absolute Gasteiger partial charge is 0.312 e. The summed E-state index contributed by atoms with van der Waals surface area (Å²) in [6.07, 6.45) is 6.37. The Kier molecular flexibility index (Phi) is 2.67. The van der Waals surface area contributed by atoms with E-state index in [9.17, 15) is 14.7 Å². The topological polar surface area (TPSA) is 57.6 Å². The zero-order chi connectivity index (χ0) is 14.6. The number of para-hydroxylation sites is 1. The molecular formula is C17H17NO3. The molecular weight excluding hydrogens is 266 g/mol. The number of hydrogen-bond acceptors (Lipinski definition) is 2. The van der Waals surface area contributed by atoms with Gasteiger partial charge in [-0.15, -0.1) is 0 Å². The maximum atomic E-state index is 12.9. The minimum Gasteiger partial charge on any atom is -0.481 e. The molecule has 0 radical (unpaired) electrons. The van der Waals surface area contributed by atoms with Crippen molar-refractivity contribution < 1.29 is 14.7 Å². The Morgan fingerprint density at radius 1 is 1.14 bits per heavy atom. The van der Waals surface area contributed by atoms with E-state index in [1.165, 1.54) is 0 Å². The van der Waals surface area contributed by atoms with Crippen molar-refractivity contribution in [2.24, 2.45) is 17.8 Å². The number of rotatable bonds is 2. The van der Waals surface area contributed by atoms with E-state index in [1.54, 1.807) is 4.90 Å². The molecule has 21 heavy (non-hydrogen) atoms. The van der Waals surface area contributed by atoms with E-state index >= 15 is 0 Å². The summed E-state index contributed by atoms with van der Waals surface area (Å²) >= 11 is 0. The Morgan fingerprint density at radius 3 is 2.62 bits per heavy atom. The Hall–Kier alpha value is -2.10. The molecule has 1 N–H and O–H groups in total. The molecule has 4 nitrogen and oxygen atoms in total. The quantitative estimate of drug-likeness (QED) is 0.848. The van der Waals surface area contributed by atoms with Crippen LogP contribution in [0.3, 0.4) is 0 Å². The molecule has 4 heteroatoms. The number of allylic oxidation sites excluding steroid dienone is 2. The Balaban J connectivity index is 1.66. The fourth-order valence-corrected chi connectivity index (χ4v) is 4.09. The third-order valence-electron chi connectivity index (χ3n) is 5.13. The van der Waals surface area contributed by atoms with Crippen molar-refractivity contribution in [1.82, 2.24) is 0 Å². The van der Waals surface area contributed by atoms with Crippen LogP contribution in [0.1, 0.15) is 24.3 Å². The number of carboxylic acid groups (broad SMARTS) is 1. The first-order chi connectivity index (χ1) is 10.1. The van der Waals surface area contributed by atoms with Crippen LogP contribution in [0.4, 0.5) is 5.69 Å². The lowest BCUT2D eigenvalue weighted by atomic mass is 9.92. The van der Waals surface area contributed by atoms with Crippen LogP contribution in [-0.2, 0) is 9.59 Å². The fourth-order valence-electron chi connectivity index (χ4n) is 4.09. The van der Waals surface area contributed by atoms with Crippen molar-refractivity contribution in [2.45, 2.75) is 18.8 Å². The van der Waals surface area contributed by atoms with Crippen LogP contribution in [-0.4, -0.2) is 23.5 Å². The Labute approximate surface area is 123 Å². The lowest BCUT2D eigenvalue weighted by Crippen LogP contribution is -2.37. The van der Waals surface area contributed by atoms with E-state index in [0.29, 0.717) is 11.8 Å². The molecule has 1 fully saturated rings. The molecule has 1 aliphatic heterocycles. The van der Waals surface area contributed by atoms with Gasteiger partial charge in [-0.05, 0) is 36.3 Å². The molecule has 0 saturated heterocycles.